The Kier molecular flexibility index (Phi) is 7.76. The molecule has 144 valence electrons. The summed E-state index contributed by atoms with van der Waals surface area (Å²) >= 11 is 11.8. The van der Waals surface area contributed by atoms with Crippen molar-refractivity contribution in [1.29, 1.82) is 0 Å². The van der Waals surface area contributed by atoms with Crippen molar-refractivity contribution in [3.63, 3.8) is 0 Å². The van der Waals surface area contributed by atoms with E-state index in [9.17, 15) is 9.59 Å². The van der Waals surface area contributed by atoms with E-state index >= 15 is 0 Å². The number of rotatable bonds is 7. The first-order chi connectivity index (χ1) is 12.9. The Balaban J connectivity index is 1.80. The van der Waals surface area contributed by atoms with Gasteiger partial charge in [0.1, 0.15) is 11.5 Å². The Morgan fingerprint density at radius 1 is 1.04 bits per heavy atom. The van der Waals surface area contributed by atoms with Crippen LogP contribution in [0.15, 0.2) is 42.5 Å². The Morgan fingerprint density at radius 2 is 1.70 bits per heavy atom. The van der Waals surface area contributed by atoms with Crippen molar-refractivity contribution in [3.05, 3.63) is 58.1 Å². The first kappa shape index (κ1) is 20.9. The molecule has 8 heteroatoms. The largest absolute Gasteiger partial charge is 0.494 e. The van der Waals surface area contributed by atoms with Gasteiger partial charge in [-0.25, -0.2) is 0 Å². The van der Waals surface area contributed by atoms with Crippen LogP contribution >= 0.6 is 23.2 Å². The molecule has 2 N–H and O–H groups in total. The highest BCUT2D eigenvalue weighted by atomic mass is 35.5. The van der Waals surface area contributed by atoms with Crippen LogP contribution in [0, 0.1) is 0 Å². The van der Waals surface area contributed by atoms with E-state index in [1.807, 2.05) is 6.92 Å². The van der Waals surface area contributed by atoms with Gasteiger partial charge in [-0.15, -0.1) is 0 Å². The molecule has 6 nitrogen and oxygen atoms in total. The van der Waals surface area contributed by atoms with Crippen molar-refractivity contribution >= 4 is 35.0 Å². The average Bonchev–Trinajstić information content (AvgIpc) is 2.64. The first-order valence-electron chi connectivity index (χ1n) is 8.31. The number of ether oxygens (including phenoxy) is 2. The van der Waals surface area contributed by atoms with E-state index in [-0.39, 0.29) is 6.42 Å². The summed E-state index contributed by atoms with van der Waals surface area (Å²) in [5.41, 5.74) is 5.27. The zero-order valence-electron chi connectivity index (χ0n) is 14.9. The second-order valence-electron chi connectivity index (χ2n) is 5.61. The number of halogens is 2. The van der Waals surface area contributed by atoms with Gasteiger partial charge < -0.3 is 9.47 Å². The monoisotopic (exact) mass is 410 g/mol. The Bertz CT molecular complexity index is 797. The minimum absolute atomic E-state index is 0.00438. The van der Waals surface area contributed by atoms with Gasteiger partial charge in [-0.05, 0) is 55.8 Å². The van der Waals surface area contributed by atoms with Crippen LogP contribution in [0.2, 0.25) is 10.0 Å². The summed E-state index contributed by atoms with van der Waals surface area (Å²) in [7, 11) is 0. The first-order valence-corrected chi connectivity index (χ1v) is 9.06. The molecule has 2 aromatic rings. The number of carbonyl (C=O) groups excluding carboxylic acids is 2. The highest BCUT2D eigenvalue weighted by molar-refractivity contribution is 6.35. The van der Waals surface area contributed by atoms with Crippen LogP contribution in [-0.2, 0) is 16.0 Å². The van der Waals surface area contributed by atoms with Crippen molar-refractivity contribution < 1.29 is 19.1 Å². The second kappa shape index (κ2) is 10.0. The number of hydrogen-bond donors (Lipinski definition) is 2. The summed E-state index contributed by atoms with van der Waals surface area (Å²) in [6.45, 7) is 4.04. The molecule has 2 amide bonds. The second-order valence-corrected chi connectivity index (χ2v) is 6.46. The summed E-state index contributed by atoms with van der Waals surface area (Å²) in [5, 5.41) is 0.869. The zero-order chi connectivity index (χ0) is 19.8. The molecule has 0 saturated heterocycles. The lowest BCUT2D eigenvalue weighted by atomic mass is 10.1. The maximum absolute atomic E-state index is 12.1. The Labute approximate surface area is 167 Å². The van der Waals surface area contributed by atoms with E-state index in [1.54, 1.807) is 49.4 Å². The zero-order valence-corrected chi connectivity index (χ0v) is 16.4. The maximum atomic E-state index is 12.1. The predicted molar refractivity (Wildman–Crippen MR) is 104 cm³/mol. The van der Waals surface area contributed by atoms with Gasteiger partial charge in [0.25, 0.3) is 5.91 Å². The van der Waals surface area contributed by atoms with Gasteiger partial charge in [0.2, 0.25) is 5.91 Å². The SMILES string of the molecule is CCOc1ccc(O[C@H](C)C(=O)NNC(=O)Cc2ccc(Cl)cc2Cl)cc1. The van der Waals surface area contributed by atoms with Crippen molar-refractivity contribution in [2.45, 2.75) is 26.4 Å². The molecule has 0 spiro atoms. The molecule has 0 saturated carbocycles. The standard InChI is InChI=1S/C19H20Cl2N2O4/c1-3-26-15-6-8-16(9-7-15)27-12(2)19(25)23-22-18(24)10-13-4-5-14(20)11-17(13)21/h4-9,11-12H,3,10H2,1-2H3,(H,22,24)(H,23,25)/t12-/m1/s1. The summed E-state index contributed by atoms with van der Waals surface area (Å²) in [5.74, 6) is 0.329. The van der Waals surface area contributed by atoms with Crippen LogP contribution in [0.25, 0.3) is 0 Å². The van der Waals surface area contributed by atoms with Gasteiger partial charge in [-0.1, -0.05) is 29.3 Å². The molecule has 0 aliphatic carbocycles. The third-order valence-corrected chi connectivity index (χ3v) is 4.10. The molecule has 0 unspecified atom stereocenters. The summed E-state index contributed by atoms with van der Waals surface area (Å²) in [4.78, 5) is 24.0. The van der Waals surface area contributed by atoms with Crippen LogP contribution in [0.5, 0.6) is 11.5 Å². The van der Waals surface area contributed by atoms with E-state index in [4.69, 9.17) is 32.7 Å². The summed E-state index contributed by atoms with van der Waals surface area (Å²) in [6.07, 6.45) is -0.799. The van der Waals surface area contributed by atoms with Crippen molar-refractivity contribution in [2.24, 2.45) is 0 Å². The predicted octanol–water partition coefficient (Wildman–Crippen LogP) is 3.55. The Morgan fingerprint density at radius 3 is 2.33 bits per heavy atom. The van der Waals surface area contributed by atoms with Gasteiger partial charge >= 0.3 is 0 Å². The van der Waals surface area contributed by atoms with Crippen LogP contribution in [0.3, 0.4) is 0 Å². The normalized spacial score (nSPS) is 11.4. The molecule has 0 heterocycles. The highest BCUT2D eigenvalue weighted by Crippen LogP contribution is 2.21. The molecule has 0 fully saturated rings. The van der Waals surface area contributed by atoms with Gasteiger partial charge in [0.15, 0.2) is 6.10 Å². The summed E-state index contributed by atoms with van der Waals surface area (Å²) < 4.78 is 10.9. The molecule has 0 radical (unpaired) electrons. The van der Waals surface area contributed by atoms with Crippen LogP contribution in [0.4, 0.5) is 0 Å². The minimum Gasteiger partial charge on any atom is -0.494 e. The smallest absolute Gasteiger partial charge is 0.279 e. The molecule has 27 heavy (non-hydrogen) atoms. The fraction of sp³-hybridized carbons (Fsp3) is 0.263. The lowest BCUT2D eigenvalue weighted by molar-refractivity contribution is -0.132. The quantitative estimate of drug-likeness (QED) is 0.684. The number of amides is 2. The number of nitrogens with one attached hydrogen (secondary N) is 2. The molecule has 0 aliphatic rings. The third-order valence-electron chi connectivity index (χ3n) is 3.51. The lowest BCUT2D eigenvalue weighted by Gasteiger charge is -2.15. The van der Waals surface area contributed by atoms with Gasteiger partial charge in [-0.2, -0.15) is 0 Å². The molecule has 0 bridgehead atoms. The average molecular weight is 411 g/mol. The topological polar surface area (TPSA) is 76.7 Å². The van der Waals surface area contributed by atoms with Crippen molar-refractivity contribution in [2.75, 3.05) is 6.61 Å². The number of benzene rings is 2. The van der Waals surface area contributed by atoms with Gasteiger partial charge in [0.05, 0.1) is 13.0 Å². The highest BCUT2D eigenvalue weighted by Gasteiger charge is 2.16. The van der Waals surface area contributed by atoms with E-state index in [1.165, 1.54) is 0 Å². The fourth-order valence-corrected chi connectivity index (χ4v) is 2.63. The van der Waals surface area contributed by atoms with Crippen molar-refractivity contribution in [3.8, 4) is 11.5 Å². The molecule has 0 aliphatic heterocycles. The van der Waals surface area contributed by atoms with Crippen LogP contribution < -0.4 is 20.3 Å². The fourth-order valence-electron chi connectivity index (χ4n) is 2.15. The third kappa shape index (κ3) is 6.66. The molecule has 1 atom stereocenters. The maximum Gasteiger partial charge on any atom is 0.279 e. The molecule has 2 rings (SSSR count). The molecular weight excluding hydrogens is 391 g/mol. The number of hydrazine groups is 1. The van der Waals surface area contributed by atoms with E-state index in [0.717, 1.165) is 5.75 Å². The van der Waals surface area contributed by atoms with E-state index in [2.05, 4.69) is 10.9 Å². The molecular formula is C19H20Cl2N2O4. The molecule has 0 aromatic heterocycles. The van der Waals surface area contributed by atoms with E-state index < -0.39 is 17.9 Å². The minimum atomic E-state index is -0.803. The molecule has 2 aromatic carbocycles. The van der Waals surface area contributed by atoms with Crippen LogP contribution in [-0.4, -0.2) is 24.5 Å². The van der Waals surface area contributed by atoms with Crippen LogP contribution in [0.1, 0.15) is 19.4 Å². The van der Waals surface area contributed by atoms with Crippen molar-refractivity contribution in [1.82, 2.24) is 10.9 Å². The number of hydrogen-bond acceptors (Lipinski definition) is 4. The van der Waals surface area contributed by atoms with Gasteiger partial charge in [0, 0.05) is 10.0 Å². The Hall–Kier alpha value is -2.44. The number of carbonyl (C=O) groups is 2. The summed E-state index contributed by atoms with van der Waals surface area (Å²) in [6, 6.07) is 11.8. The van der Waals surface area contributed by atoms with Gasteiger partial charge in [-0.3, -0.25) is 20.4 Å². The van der Waals surface area contributed by atoms with E-state index in [0.29, 0.717) is 28.0 Å². The lowest BCUT2D eigenvalue weighted by Crippen LogP contribution is -2.47.